The van der Waals surface area contributed by atoms with Crippen molar-refractivity contribution in [3.05, 3.63) is 48.4 Å². The van der Waals surface area contributed by atoms with Gasteiger partial charge in [0, 0.05) is 30.6 Å². The van der Waals surface area contributed by atoms with E-state index in [1.54, 1.807) is 37.2 Å². The third-order valence-electron chi connectivity index (χ3n) is 3.75. The monoisotopic (exact) mass is 341 g/mol. The van der Waals surface area contributed by atoms with Crippen molar-refractivity contribution in [1.82, 2.24) is 25.3 Å². The molecular formula is C17H19N5O3. The number of rotatable bonds is 7. The number of H-pyrrole nitrogens is 1. The van der Waals surface area contributed by atoms with Gasteiger partial charge in [-0.05, 0) is 18.2 Å². The summed E-state index contributed by atoms with van der Waals surface area (Å²) in [5, 5.41) is 13.8. The zero-order valence-electron chi connectivity index (χ0n) is 14.0. The van der Waals surface area contributed by atoms with Crippen LogP contribution in [-0.2, 0) is 6.54 Å². The molecule has 0 unspecified atom stereocenters. The molecule has 1 aromatic carbocycles. The maximum absolute atomic E-state index is 12.5. The number of hydrogen-bond donors (Lipinski definition) is 2. The third kappa shape index (κ3) is 3.63. The van der Waals surface area contributed by atoms with Gasteiger partial charge in [0.05, 0.1) is 38.2 Å². The molecule has 2 heterocycles. The van der Waals surface area contributed by atoms with E-state index in [1.165, 1.54) is 6.20 Å². The highest BCUT2D eigenvalue weighted by Crippen LogP contribution is 2.33. The summed E-state index contributed by atoms with van der Waals surface area (Å²) in [7, 11) is 3.15. The molecule has 0 spiro atoms. The van der Waals surface area contributed by atoms with E-state index in [1.807, 2.05) is 18.3 Å². The summed E-state index contributed by atoms with van der Waals surface area (Å²) in [5.41, 5.74) is 1.78. The summed E-state index contributed by atoms with van der Waals surface area (Å²) < 4.78 is 12.4. The molecule has 3 aromatic rings. The molecule has 0 bridgehead atoms. The number of amides is 1. The second-order valence-electron chi connectivity index (χ2n) is 5.25. The maximum Gasteiger partial charge on any atom is 0.255 e. The lowest BCUT2D eigenvalue weighted by Gasteiger charge is -2.11. The first-order valence-electron chi connectivity index (χ1n) is 7.74. The molecule has 130 valence electrons. The fourth-order valence-electron chi connectivity index (χ4n) is 2.48. The number of benzene rings is 1. The molecular weight excluding hydrogens is 322 g/mol. The highest BCUT2D eigenvalue weighted by Gasteiger charge is 2.18. The van der Waals surface area contributed by atoms with Crippen LogP contribution in [0.2, 0.25) is 0 Å². The van der Waals surface area contributed by atoms with Gasteiger partial charge in [0.2, 0.25) is 0 Å². The molecule has 8 heteroatoms. The second-order valence-corrected chi connectivity index (χ2v) is 5.25. The zero-order chi connectivity index (χ0) is 17.6. The number of ether oxygens (including phenoxy) is 2. The molecule has 8 nitrogen and oxygen atoms in total. The average molecular weight is 341 g/mol. The van der Waals surface area contributed by atoms with Crippen LogP contribution < -0.4 is 14.8 Å². The Morgan fingerprint density at radius 3 is 2.92 bits per heavy atom. The van der Waals surface area contributed by atoms with Crippen LogP contribution in [-0.4, -0.2) is 46.6 Å². The minimum absolute atomic E-state index is 0.214. The molecule has 2 N–H and O–H groups in total. The number of hydrogen-bond acceptors (Lipinski definition) is 5. The molecule has 0 saturated heterocycles. The molecule has 0 aliphatic rings. The van der Waals surface area contributed by atoms with E-state index >= 15 is 0 Å². The van der Waals surface area contributed by atoms with Gasteiger partial charge in [-0.2, -0.15) is 10.2 Å². The summed E-state index contributed by atoms with van der Waals surface area (Å²) in [6.45, 7) is 1.06. The van der Waals surface area contributed by atoms with Crippen molar-refractivity contribution >= 4 is 5.91 Å². The lowest BCUT2D eigenvalue weighted by atomic mass is 10.1. The van der Waals surface area contributed by atoms with Crippen LogP contribution in [0.5, 0.6) is 11.5 Å². The predicted octanol–water partition coefficient (Wildman–Crippen LogP) is 1.72. The Labute approximate surface area is 144 Å². The van der Waals surface area contributed by atoms with Gasteiger partial charge in [0.15, 0.2) is 0 Å². The molecule has 0 radical (unpaired) electrons. The van der Waals surface area contributed by atoms with Crippen molar-refractivity contribution < 1.29 is 14.3 Å². The van der Waals surface area contributed by atoms with Crippen LogP contribution in [0.4, 0.5) is 0 Å². The van der Waals surface area contributed by atoms with E-state index in [0.29, 0.717) is 35.8 Å². The topological polar surface area (TPSA) is 94.1 Å². The molecule has 2 aromatic heterocycles. The summed E-state index contributed by atoms with van der Waals surface area (Å²) >= 11 is 0. The van der Waals surface area contributed by atoms with Crippen molar-refractivity contribution in [3.63, 3.8) is 0 Å². The van der Waals surface area contributed by atoms with Crippen LogP contribution >= 0.6 is 0 Å². The lowest BCUT2D eigenvalue weighted by molar-refractivity contribution is 0.0952. The van der Waals surface area contributed by atoms with Gasteiger partial charge in [0.1, 0.15) is 11.5 Å². The van der Waals surface area contributed by atoms with Crippen LogP contribution in [0.15, 0.2) is 42.9 Å². The highest BCUT2D eigenvalue weighted by molar-refractivity contribution is 6.00. The van der Waals surface area contributed by atoms with Crippen molar-refractivity contribution in [1.29, 1.82) is 0 Å². The van der Waals surface area contributed by atoms with Gasteiger partial charge in [-0.1, -0.05) is 0 Å². The lowest BCUT2D eigenvalue weighted by Crippen LogP contribution is -2.27. The molecule has 3 rings (SSSR count). The molecule has 0 aliphatic heterocycles. The first-order valence-corrected chi connectivity index (χ1v) is 7.74. The number of carbonyl (C=O) groups excluding carboxylic acids is 1. The van der Waals surface area contributed by atoms with Crippen molar-refractivity contribution in [2.45, 2.75) is 6.54 Å². The summed E-state index contributed by atoms with van der Waals surface area (Å²) in [4.78, 5) is 12.5. The minimum atomic E-state index is -0.214. The molecule has 0 fully saturated rings. The zero-order valence-corrected chi connectivity index (χ0v) is 14.0. The summed E-state index contributed by atoms with van der Waals surface area (Å²) in [5.74, 6) is 1.05. The normalized spacial score (nSPS) is 10.5. The molecule has 0 atom stereocenters. The van der Waals surface area contributed by atoms with Crippen LogP contribution in [0, 0.1) is 0 Å². The smallest absolute Gasteiger partial charge is 0.255 e. The van der Waals surface area contributed by atoms with Crippen molar-refractivity contribution in [2.24, 2.45) is 0 Å². The number of carbonyl (C=O) groups is 1. The van der Waals surface area contributed by atoms with Crippen molar-refractivity contribution in [3.8, 4) is 22.8 Å². The Morgan fingerprint density at radius 2 is 2.20 bits per heavy atom. The van der Waals surface area contributed by atoms with Crippen LogP contribution in [0.3, 0.4) is 0 Å². The number of methoxy groups -OCH3 is 2. The third-order valence-corrected chi connectivity index (χ3v) is 3.75. The Hall–Kier alpha value is -3.29. The van der Waals surface area contributed by atoms with E-state index in [2.05, 4.69) is 20.6 Å². The second kappa shape index (κ2) is 7.52. The molecule has 0 saturated carbocycles. The van der Waals surface area contributed by atoms with Crippen LogP contribution in [0.25, 0.3) is 11.3 Å². The quantitative estimate of drug-likeness (QED) is 0.682. The fraction of sp³-hybridized carbons (Fsp3) is 0.235. The first kappa shape index (κ1) is 16.6. The largest absolute Gasteiger partial charge is 0.497 e. The van der Waals surface area contributed by atoms with E-state index in [9.17, 15) is 4.79 Å². The summed E-state index contributed by atoms with van der Waals surface area (Å²) in [6.07, 6.45) is 5.05. The van der Waals surface area contributed by atoms with Crippen LogP contribution in [0.1, 0.15) is 10.4 Å². The highest BCUT2D eigenvalue weighted by atomic mass is 16.5. The summed E-state index contributed by atoms with van der Waals surface area (Å²) in [6, 6.07) is 7.23. The van der Waals surface area contributed by atoms with Gasteiger partial charge < -0.3 is 14.8 Å². The van der Waals surface area contributed by atoms with E-state index in [0.717, 1.165) is 5.56 Å². The van der Waals surface area contributed by atoms with E-state index in [-0.39, 0.29) is 5.91 Å². The molecule has 25 heavy (non-hydrogen) atoms. The Balaban J connectivity index is 1.77. The van der Waals surface area contributed by atoms with Gasteiger partial charge in [-0.15, -0.1) is 0 Å². The number of aromatic nitrogens is 4. The van der Waals surface area contributed by atoms with E-state index < -0.39 is 0 Å². The average Bonchev–Trinajstić information content (AvgIpc) is 3.32. The number of nitrogens with one attached hydrogen (secondary N) is 2. The SMILES string of the molecule is COc1ccc(-c2[nH]ncc2C(=O)NCCn2cccn2)c(OC)c1. The van der Waals surface area contributed by atoms with Gasteiger partial charge >= 0.3 is 0 Å². The Kier molecular flexibility index (Phi) is 4.98. The van der Waals surface area contributed by atoms with E-state index in [4.69, 9.17) is 9.47 Å². The maximum atomic E-state index is 12.5. The molecule has 1 amide bonds. The fourth-order valence-corrected chi connectivity index (χ4v) is 2.48. The number of aromatic amines is 1. The minimum Gasteiger partial charge on any atom is -0.497 e. The van der Waals surface area contributed by atoms with Gasteiger partial charge in [-0.3, -0.25) is 14.6 Å². The van der Waals surface area contributed by atoms with Crippen molar-refractivity contribution in [2.75, 3.05) is 20.8 Å². The van der Waals surface area contributed by atoms with Gasteiger partial charge in [0.25, 0.3) is 5.91 Å². The predicted molar refractivity (Wildman–Crippen MR) is 91.7 cm³/mol. The standard InChI is InChI=1S/C17H19N5O3/c1-24-12-4-5-13(15(10-12)25-2)16-14(11-19-21-16)17(23)18-7-9-22-8-3-6-20-22/h3-6,8,10-11H,7,9H2,1-2H3,(H,18,23)(H,19,21). The Morgan fingerprint density at radius 1 is 1.32 bits per heavy atom. The number of nitrogens with zero attached hydrogens (tertiary/aromatic N) is 3. The molecule has 0 aliphatic carbocycles. The Bertz CT molecular complexity index is 842. The van der Waals surface area contributed by atoms with Gasteiger partial charge in [-0.25, -0.2) is 0 Å². The first-order chi connectivity index (χ1) is 12.2.